The van der Waals surface area contributed by atoms with Gasteiger partial charge in [-0.3, -0.25) is 0 Å². The highest BCUT2D eigenvalue weighted by atomic mass is 28.5. The molecule has 1 aliphatic heterocycles. The second kappa shape index (κ2) is 22.4. The molecule has 73 heavy (non-hydrogen) atoms. The Labute approximate surface area is 434 Å². The van der Waals surface area contributed by atoms with Crippen molar-refractivity contribution in [2.45, 2.75) is 0 Å². The molecular weight excluding hydrogens is 981 g/mol. The second-order valence-corrected chi connectivity index (χ2v) is 33.6. The van der Waals surface area contributed by atoms with Gasteiger partial charge in [0.25, 0.3) is 0 Å². The first-order valence-electron chi connectivity index (χ1n) is 24.5. The fraction of sp³-hybridized carbons (Fsp3) is 0.0323. The summed E-state index contributed by atoms with van der Waals surface area (Å²) in [5, 5.41) is 10.0. The molecule has 0 bridgehead atoms. The van der Waals surface area contributed by atoms with Gasteiger partial charge >= 0.3 is 42.8 Å². The molecule has 0 aromatic heterocycles. The third kappa shape index (κ3) is 9.73. The van der Waals surface area contributed by atoms with Crippen LogP contribution in [0.4, 0.5) is 0 Å². The average Bonchev–Trinajstić information content (AvgIpc) is 3.49. The molecule has 1 aliphatic rings. The number of hydrogen-bond acceptors (Lipinski definition) is 6. The maximum atomic E-state index is 8.43. The predicted molar refractivity (Wildman–Crippen MR) is 308 cm³/mol. The molecule has 6 nitrogen and oxygen atoms in total. The molecule has 10 aromatic rings. The van der Waals surface area contributed by atoms with E-state index in [1.54, 1.807) is 14.2 Å². The summed E-state index contributed by atoms with van der Waals surface area (Å²) < 4.78 is 45.3. The summed E-state index contributed by atoms with van der Waals surface area (Å²) >= 11 is 0. The first kappa shape index (κ1) is 49.6. The summed E-state index contributed by atoms with van der Waals surface area (Å²) in [5.74, 6) is 0. The average molecular weight is 1040 g/mol. The summed E-state index contributed by atoms with van der Waals surface area (Å²) in [5.41, 5.74) is 0. The van der Waals surface area contributed by atoms with E-state index in [0.717, 1.165) is 51.9 Å². The predicted octanol–water partition coefficient (Wildman–Crippen LogP) is 6.63. The minimum Gasteiger partial charge on any atom is -0.402 e. The molecule has 360 valence electrons. The van der Waals surface area contributed by atoms with Crippen LogP contribution < -0.4 is 51.9 Å². The van der Waals surface area contributed by atoms with Gasteiger partial charge in [-0.05, 0) is 51.9 Å². The Kier molecular flexibility index (Phi) is 15.2. The van der Waals surface area contributed by atoms with E-state index in [1.807, 2.05) is 84.9 Å². The van der Waals surface area contributed by atoms with E-state index in [0.29, 0.717) is 0 Å². The van der Waals surface area contributed by atoms with Crippen LogP contribution in [0.5, 0.6) is 0 Å². The number of benzene rings is 10. The standard InChI is InChI=1S/C48H40O4Si4.C14H16O2Si/c1-9-25-41(26-10-1)53(42-27-11-2-12-28-42)49-54(43-29-13-3-14-30-43,44-31-15-4-16-32-44)51-56(47-37-21-7-22-38-47,48-39-23-8-24-40-48)52-55(50-53,45-33-17-5-18-34-45)46-35-19-6-20-36-46;1-15-17(16-2,13-9-5-3-6-10-13)14-11-7-4-8-12-14/h1-40H;3-12H,1-2H3. The molecule has 0 amide bonds. The lowest BCUT2D eigenvalue weighted by molar-refractivity contribution is 0.268. The zero-order chi connectivity index (χ0) is 49.9. The molecule has 0 aliphatic carbocycles. The van der Waals surface area contributed by atoms with E-state index in [9.17, 15) is 0 Å². The zero-order valence-electron chi connectivity index (χ0n) is 40.8. The zero-order valence-corrected chi connectivity index (χ0v) is 45.8. The largest absolute Gasteiger partial charge is 0.406 e. The molecule has 0 N–H and O–H groups in total. The Morgan fingerprint density at radius 3 is 0.493 bits per heavy atom. The first-order valence-corrected chi connectivity index (χ1v) is 33.5. The number of hydrogen-bond donors (Lipinski definition) is 0. The molecule has 0 saturated carbocycles. The van der Waals surface area contributed by atoms with E-state index in [4.69, 9.17) is 25.3 Å². The molecule has 11 rings (SSSR count). The molecule has 0 atom stereocenters. The van der Waals surface area contributed by atoms with Crippen molar-refractivity contribution in [3.8, 4) is 0 Å². The SMILES string of the molecule is CO[Si](OC)(c1ccccc1)c1ccccc1.c1ccc([Si]2(c3ccccc3)O[Si](c3ccccc3)(c3ccccc3)O[Si](c3ccccc3)(c3ccccc3)O[Si](c3ccccc3)(c3ccccc3)O2)cc1. The summed E-state index contributed by atoms with van der Waals surface area (Å²) in [6, 6.07) is 104. The molecule has 10 aromatic carbocycles. The van der Waals surface area contributed by atoms with Crippen molar-refractivity contribution in [3.05, 3.63) is 303 Å². The van der Waals surface area contributed by atoms with Gasteiger partial charge < -0.3 is 25.3 Å². The van der Waals surface area contributed by atoms with Crippen LogP contribution in [0.15, 0.2) is 303 Å². The van der Waals surface area contributed by atoms with Gasteiger partial charge in [0.2, 0.25) is 0 Å². The summed E-state index contributed by atoms with van der Waals surface area (Å²) in [7, 11) is -14.6. The normalized spacial score (nSPS) is 15.6. The molecular formula is C62H56O6Si5. The van der Waals surface area contributed by atoms with Crippen LogP contribution in [-0.2, 0) is 25.3 Å². The van der Waals surface area contributed by atoms with Crippen molar-refractivity contribution < 1.29 is 25.3 Å². The Morgan fingerprint density at radius 1 is 0.219 bits per heavy atom. The first-order chi connectivity index (χ1) is 36.0. The van der Waals surface area contributed by atoms with Gasteiger partial charge in [0.05, 0.1) is 0 Å². The topological polar surface area (TPSA) is 55.4 Å². The highest BCUT2D eigenvalue weighted by molar-refractivity contribution is 7.16. The van der Waals surface area contributed by atoms with Crippen LogP contribution >= 0.6 is 0 Å². The Morgan fingerprint density at radius 2 is 0.356 bits per heavy atom. The Hall–Kier alpha value is -6.96. The van der Waals surface area contributed by atoms with Crippen LogP contribution in [-0.4, -0.2) is 57.0 Å². The van der Waals surface area contributed by atoms with Crippen molar-refractivity contribution in [3.63, 3.8) is 0 Å². The third-order valence-electron chi connectivity index (χ3n) is 13.3. The van der Waals surface area contributed by atoms with E-state index in [1.165, 1.54) is 0 Å². The van der Waals surface area contributed by atoms with Crippen molar-refractivity contribution >= 4 is 94.7 Å². The van der Waals surface area contributed by atoms with Gasteiger partial charge in [0.15, 0.2) is 0 Å². The van der Waals surface area contributed by atoms with Crippen molar-refractivity contribution in [2.24, 2.45) is 0 Å². The molecule has 0 unspecified atom stereocenters. The van der Waals surface area contributed by atoms with Gasteiger partial charge in [0, 0.05) is 14.2 Å². The minimum atomic E-state index is -3.89. The van der Waals surface area contributed by atoms with E-state index in [-0.39, 0.29) is 0 Å². The van der Waals surface area contributed by atoms with Crippen molar-refractivity contribution in [1.29, 1.82) is 0 Å². The smallest absolute Gasteiger partial charge is 0.402 e. The van der Waals surface area contributed by atoms with Crippen LogP contribution in [0.1, 0.15) is 0 Å². The van der Waals surface area contributed by atoms with Gasteiger partial charge in [-0.15, -0.1) is 0 Å². The minimum absolute atomic E-state index is 0.972. The van der Waals surface area contributed by atoms with E-state index >= 15 is 0 Å². The van der Waals surface area contributed by atoms with Crippen molar-refractivity contribution in [2.75, 3.05) is 14.2 Å². The quantitative estimate of drug-likeness (QED) is 0.128. The maximum Gasteiger partial charge on any atom is 0.406 e. The maximum absolute atomic E-state index is 8.43. The highest BCUT2D eigenvalue weighted by Gasteiger charge is 2.68. The van der Waals surface area contributed by atoms with Crippen LogP contribution in [0, 0.1) is 0 Å². The van der Waals surface area contributed by atoms with Gasteiger partial charge in [0.1, 0.15) is 0 Å². The number of rotatable bonds is 12. The van der Waals surface area contributed by atoms with Gasteiger partial charge in [-0.1, -0.05) is 303 Å². The molecule has 0 radical (unpaired) electrons. The monoisotopic (exact) mass is 1040 g/mol. The second-order valence-electron chi connectivity index (χ2n) is 17.6. The molecule has 0 spiro atoms. The summed E-state index contributed by atoms with van der Waals surface area (Å²) in [6.07, 6.45) is 0. The summed E-state index contributed by atoms with van der Waals surface area (Å²) in [4.78, 5) is 0. The Balaban J connectivity index is 0.000000305. The lowest BCUT2D eigenvalue weighted by atomic mass is 10.4. The van der Waals surface area contributed by atoms with Crippen LogP contribution in [0.2, 0.25) is 0 Å². The fourth-order valence-electron chi connectivity index (χ4n) is 9.80. The Bertz CT molecular complexity index is 2670. The molecule has 1 heterocycles. The molecule has 11 heteroatoms. The van der Waals surface area contributed by atoms with Gasteiger partial charge in [-0.2, -0.15) is 0 Å². The molecule has 1 saturated heterocycles. The third-order valence-corrected chi connectivity index (χ3v) is 34.5. The summed E-state index contributed by atoms with van der Waals surface area (Å²) in [6.45, 7) is 0. The van der Waals surface area contributed by atoms with Crippen molar-refractivity contribution in [1.82, 2.24) is 0 Å². The lowest BCUT2D eigenvalue weighted by Gasteiger charge is -2.53. The fourth-order valence-corrected chi connectivity index (χ4v) is 35.1. The van der Waals surface area contributed by atoms with Gasteiger partial charge in [-0.25, -0.2) is 0 Å². The van der Waals surface area contributed by atoms with E-state index < -0.39 is 42.8 Å². The molecule has 1 fully saturated rings. The van der Waals surface area contributed by atoms with E-state index in [2.05, 4.69) is 218 Å². The highest BCUT2D eigenvalue weighted by Crippen LogP contribution is 2.32. The van der Waals surface area contributed by atoms with Crippen LogP contribution in [0.25, 0.3) is 0 Å². The lowest BCUT2D eigenvalue weighted by Crippen LogP contribution is -2.88. The van der Waals surface area contributed by atoms with Crippen LogP contribution in [0.3, 0.4) is 0 Å².